The Kier molecular flexibility index (Phi) is 5.39. The van der Waals surface area contributed by atoms with E-state index in [1.54, 1.807) is 11.6 Å². The van der Waals surface area contributed by atoms with Gasteiger partial charge >= 0.3 is 5.69 Å². The van der Waals surface area contributed by atoms with Crippen LogP contribution in [0.4, 0.5) is 0 Å². The number of fused-ring (bicyclic) bond motifs is 1. The van der Waals surface area contributed by atoms with Gasteiger partial charge in [-0.1, -0.05) is 32.9 Å². The molecule has 0 saturated carbocycles. The zero-order valence-electron chi connectivity index (χ0n) is 16.8. The van der Waals surface area contributed by atoms with Gasteiger partial charge in [0, 0.05) is 20.6 Å². The zero-order chi connectivity index (χ0) is 20.6. The van der Waals surface area contributed by atoms with E-state index in [0.29, 0.717) is 25.1 Å². The number of aryl methyl sites for hydroxylation is 2. The molecule has 8 heteroatoms. The highest BCUT2D eigenvalue weighted by molar-refractivity contribution is 6.29. The van der Waals surface area contributed by atoms with E-state index in [0.717, 1.165) is 10.3 Å². The standard InChI is InChI=1S/C20H25ClN4O3/c1-20(2,3)13-7-9-14(10-8-13)28-12-6-11-25-15-16(22-18(25)21)23(4)19(27)24(5)17(15)26/h7-10H,6,11-12H2,1-5H3. The van der Waals surface area contributed by atoms with E-state index in [2.05, 4.69) is 37.9 Å². The Morgan fingerprint density at radius 3 is 2.32 bits per heavy atom. The summed E-state index contributed by atoms with van der Waals surface area (Å²) in [6, 6.07) is 8.07. The normalized spacial score (nSPS) is 11.9. The third-order valence-corrected chi connectivity index (χ3v) is 5.11. The highest BCUT2D eigenvalue weighted by atomic mass is 35.5. The molecule has 0 N–H and O–H groups in total. The van der Waals surface area contributed by atoms with Crippen molar-refractivity contribution >= 4 is 22.8 Å². The first-order chi connectivity index (χ1) is 13.1. The number of halogens is 1. The van der Waals surface area contributed by atoms with Crippen LogP contribution in [0.15, 0.2) is 33.9 Å². The second-order valence-electron chi connectivity index (χ2n) is 7.89. The quantitative estimate of drug-likeness (QED) is 0.484. The van der Waals surface area contributed by atoms with Crippen LogP contribution in [0.25, 0.3) is 11.2 Å². The lowest BCUT2D eigenvalue weighted by atomic mass is 9.87. The molecule has 0 bridgehead atoms. The van der Waals surface area contributed by atoms with Crippen molar-refractivity contribution in [3.8, 4) is 5.75 Å². The van der Waals surface area contributed by atoms with Crippen LogP contribution in [0.1, 0.15) is 32.8 Å². The van der Waals surface area contributed by atoms with E-state index >= 15 is 0 Å². The molecule has 0 unspecified atom stereocenters. The maximum atomic E-state index is 12.5. The lowest BCUT2D eigenvalue weighted by molar-refractivity contribution is 0.302. The molecule has 0 atom stereocenters. The van der Waals surface area contributed by atoms with Crippen LogP contribution in [0.2, 0.25) is 5.28 Å². The fraction of sp³-hybridized carbons (Fsp3) is 0.450. The fourth-order valence-corrected chi connectivity index (χ4v) is 3.34. The van der Waals surface area contributed by atoms with Crippen molar-refractivity contribution in [1.82, 2.24) is 18.7 Å². The van der Waals surface area contributed by atoms with Crippen LogP contribution < -0.4 is 16.0 Å². The van der Waals surface area contributed by atoms with Gasteiger partial charge < -0.3 is 9.30 Å². The summed E-state index contributed by atoms with van der Waals surface area (Å²) >= 11 is 6.22. The van der Waals surface area contributed by atoms with Crippen molar-refractivity contribution in [2.45, 2.75) is 39.2 Å². The zero-order valence-corrected chi connectivity index (χ0v) is 17.6. The molecule has 1 aromatic carbocycles. The summed E-state index contributed by atoms with van der Waals surface area (Å²) < 4.78 is 9.82. The summed E-state index contributed by atoms with van der Waals surface area (Å²) in [5, 5.41) is 0.183. The lowest BCUT2D eigenvalue weighted by Gasteiger charge is -2.19. The van der Waals surface area contributed by atoms with Gasteiger partial charge in [-0.25, -0.2) is 4.79 Å². The van der Waals surface area contributed by atoms with Gasteiger partial charge in [0.25, 0.3) is 5.56 Å². The summed E-state index contributed by atoms with van der Waals surface area (Å²) in [6.45, 7) is 7.44. The predicted octanol–water partition coefficient (Wildman–Crippen LogP) is 2.85. The molecule has 3 rings (SSSR count). The van der Waals surface area contributed by atoms with Gasteiger partial charge in [0.05, 0.1) is 6.61 Å². The van der Waals surface area contributed by atoms with Gasteiger partial charge in [-0.2, -0.15) is 4.98 Å². The Labute approximate surface area is 168 Å². The van der Waals surface area contributed by atoms with Crippen LogP contribution in [0.5, 0.6) is 5.75 Å². The molecule has 7 nitrogen and oxygen atoms in total. The number of hydrogen-bond acceptors (Lipinski definition) is 4. The van der Waals surface area contributed by atoms with E-state index in [9.17, 15) is 9.59 Å². The summed E-state index contributed by atoms with van der Waals surface area (Å²) in [6.07, 6.45) is 0.637. The summed E-state index contributed by atoms with van der Waals surface area (Å²) in [4.78, 5) is 28.7. The van der Waals surface area contributed by atoms with Crippen LogP contribution in [-0.4, -0.2) is 25.3 Å². The number of rotatable bonds is 5. The molecule has 3 aromatic rings. The molecule has 150 valence electrons. The second-order valence-corrected chi connectivity index (χ2v) is 8.22. The number of imidazole rings is 1. The van der Waals surface area contributed by atoms with Gasteiger partial charge in [0.2, 0.25) is 5.28 Å². The van der Waals surface area contributed by atoms with Crippen LogP contribution in [-0.2, 0) is 26.1 Å². The average Bonchev–Trinajstić information content (AvgIpc) is 2.98. The minimum atomic E-state index is -0.430. The molecular weight excluding hydrogens is 380 g/mol. The third kappa shape index (κ3) is 3.71. The van der Waals surface area contributed by atoms with Gasteiger partial charge in [-0.05, 0) is 41.1 Å². The highest BCUT2D eigenvalue weighted by Gasteiger charge is 2.18. The summed E-state index contributed by atoms with van der Waals surface area (Å²) in [7, 11) is 3.02. The van der Waals surface area contributed by atoms with Crippen molar-refractivity contribution in [2.24, 2.45) is 14.1 Å². The Bertz CT molecular complexity index is 1120. The van der Waals surface area contributed by atoms with Gasteiger partial charge in [-0.3, -0.25) is 13.9 Å². The minimum absolute atomic E-state index is 0.101. The van der Waals surface area contributed by atoms with Crippen molar-refractivity contribution < 1.29 is 4.74 Å². The number of benzene rings is 1. The molecule has 2 heterocycles. The monoisotopic (exact) mass is 404 g/mol. The molecule has 28 heavy (non-hydrogen) atoms. The van der Waals surface area contributed by atoms with Gasteiger partial charge in [-0.15, -0.1) is 0 Å². The smallest absolute Gasteiger partial charge is 0.332 e. The SMILES string of the molecule is Cn1c(=O)c2c(nc(Cl)n2CCCOc2ccc(C(C)(C)C)cc2)n(C)c1=O. The molecule has 0 aliphatic heterocycles. The highest BCUT2D eigenvalue weighted by Crippen LogP contribution is 2.24. The molecule has 0 aliphatic rings. The van der Waals surface area contributed by atoms with E-state index in [-0.39, 0.29) is 16.3 Å². The maximum Gasteiger partial charge on any atom is 0.332 e. The topological polar surface area (TPSA) is 71.0 Å². The molecule has 0 saturated heterocycles. The minimum Gasteiger partial charge on any atom is -0.494 e. The van der Waals surface area contributed by atoms with Crippen molar-refractivity contribution in [3.63, 3.8) is 0 Å². The van der Waals surface area contributed by atoms with Crippen LogP contribution in [0, 0.1) is 0 Å². The first-order valence-corrected chi connectivity index (χ1v) is 9.54. The maximum absolute atomic E-state index is 12.5. The van der Waals surface area contributed by atoms with Crippen LogP contribution >= 0.6 is 11.6 Å². The summed E-state index contributed by atoms with van der Waals surface area (Å²) in [5.74, 6) is 0.799. The third-order valence-electron chi connectivity index (χ3n) is 4.82. The Balaban J connectivity index is 1.72. The Morgan fingerprint density at radius 1 is 1.07 bits per heavy atom. The van der Waals surface area contributed by atoms with Gasteiger partial charge in [0.15, 0.2) is 11.2 Å². The number of nitrogens with zero attached hydrogens (tertiary/aromatic N) is 4. The molecule has 0 radical (unpaired) electrons. The summed E-state index contributed by atoms with van der Waals surface area (Å²) in [5.41, 5.74) is 1.13. The number of aromatic nitrogens is 4. The van der Waals surface area contributed by atoms with E-state index < -0.39 is 11.2 Å². The molecule has 0 aliphatic carbocycles. The molecule has 2 aromatic heterocycles. The number of hydrogen-bond donors (Lipinski definition) is 0. The number of ether oxygens (including phenoxy) is 1. The van der Waals surface area contributed by atoms with Crippen molar-refractivity contribution in [2.75, 3.05) is 6.61 Å². The molecule has 0 fully saturated rings. The van der Waals surface area contributed by atoms with Crippen molar-refractivity contribution in [3.05, 3.63) is 56.0 Å². The molecular formula is C20H25ClN4O3. The van der Waals surface area contributed by atoms with Crippen LogP contribution in [0.3, 0.4) is 0 Å². The second kappa shape index (κ2) is 7.47. The van der Waals surface area contributed by atoms with Gasteiger partial charge in [0.1, 0.15) is 5.75 Å². The Hall–Kier alpha value is -2.54. The average molecular weight is 405 g/mol. The first-order valence-electron chi connectivity index (χ1n) is 9.16. The fourth-order valence-electron chi connectivity index (χ4n) is 3.09. The van der Waals surface area contributed by atoms with E-state index in [1.165, 1.54) is 17.2 Å². The molecule has 0 spiro atoms. The Morgan fingerprint density at radius 2 is 1.71 bits per heavy atom. The van der Waals surface area contributed by atoms with E-state index in [1.807, 2.05) is 12.1 Å². The molecule has 0 amide bonds. The first kappa shape index (κ1) is 20.2. The van der Waals surface area contributed by atoms with Crippen molar-refractivity contribution in [1.29, 1.82) is 0 Å². The lowest BCUT2D eigenvalue weighted by Crippen LogP contribution is -2.37. The van der Waals surface area contributed by atoms with E-state index in [4.69, 9.17) is 16.3 Å². The largest absolute Gasteiger partial charge is 0.494 e. The predicted molar refractivity (Wildman–Crippen MR) is 110 cm³/mol.